The van der Waals surface area contributed by atoms with Gasteiger partial charge in [-0.1, -0.05) is 43.5 Å². The number of benzene rings is 1. The number of aromatic nitrogens is 5. The molecule has 1 aromatic carbocycles. The van der Waals surface area contributed by atoms with Gasteiger partial charge in [-0.3, -0.25) is 29.0 Å². The van der Waals surface area contributed by atoms with Crippen molar-refractivity contribution in [1.82, 2.24) is 29.5 Å². The van der Waals surface area contributed by atoms with Crippen LogP contribution < -0.4 is 5.56 Å². The first-order valence-electron chi connectivity index (χ1n) is 12.9. The SMILES string of the molecule is C[C@H]1[C@@H](CF)CN1C(=O)c1c(-c2cnccn2)[nH]n2c(=O)cc(-c3ccc(C4CCCCC4)cc3)nc12. The van der Waals surface area contributed by atoms with Crippen molar-refractivity contribution in [1.29, 1.82) is 0 Å². The average Bonchev–Trinajstić information content (AvgIpc) is 3.34. The number of alkyl halides is 1. The number of amides is 1. The van der Waals surface area contributed by atoms with E-state index in [0.717, 1.165) is 5.56 Å². The lowest BCUT2D eigenvalue weighted by molar-refractivity contribution is 0.0142. The summed E-state index contributed by atoms with van der Waals surface area (Å²) in [6.07, 6.45) is 10.9. The van der Waals surface area contributed by atoms with Gasteiger partial charge in [0.15, 0.2) is 5.65 Å². The van der Waals surface area contributed by atoms with E-state index in [2.05, 4.69) is 27.2 Å². The van der Waals surface area contributed by atoms with Crippen LogP contribution in [-0.2, 0) is 0 Å². The third-order valence-electron chi connectivity index (χ3n) is 8.00. The Morgan fingerprint density at radius 3 is 2.57 bits per heavy atom. The third kappa shape index (κ3) is 4.12. The molecule has 0 bridgehead atoms. The molecule has 0 radical (unpaired) electrons. The third-order valence-corrected chi connectivity index (χ3v) is 8.00. The predicted molar refractivity (Wildman–Crippen MR) is 138 cm³/mol. The van der Waals surface area contributed by atoms with Gasteiger partial charge < -0.3 is 4.90 Å². The molecule has 1 saturated carbocycles. The van der Waals surface area contributed by atoms with Gasteiger partial charge in [-0.2, -0.15) is 0 Å². The molecular weight excluding hydrogens is 471 g/mol. The molecular formula is C28H29FN6O2. The number of carbonyl (C=O) groups excluding carboxylic acids is 1. The smallest absolute Gasteiger partial charge is 0.273 e. The lowest BCUT2D eigenvalue weighted by Crippen LogP contribution is -2.58. The Morgan fingerprint density at radius 2 is 1.89 bits per heavy atom. The van der Waals surface area contributed by atoms with Crippen LogP contribution in [0.2, 0.25) is 0 Å². The molecule has 1 saturated heterocycles. The van der Waals surface area contributed by atoms with E-state index in [9.17, 15) is 14.0 Å². The maximum Gasteiger partial charge on any atom is 0.273 e. The number of aromatic amines is 1. The number of hydrogen-bond acceptors (Lipinski definition) is 5. The minimum absolute atomic E-state index is 0.192. The highest BCUT2D eigenvalue weighted by molar-refractivity contribution is 6.05. The number of rotatable bonds is 5. The molecule has 8 nitrogen and oxygen atoms in total. The van der Waals surface area contributed by atoms with Crippen LogP contribution in [0.15, 0.2) is 53.7 Å². The summed E-state index contributed by atoms with van der Waals surface area (Å²) in [5.74, 6) is 0.0790. The lowest BCUT2D eigenvalue weighted by Gasteiger charge is -2.45. The summed E-state index contributed by atoms with van der Waals surface area (Å²) in [5, 5.41) is 3.02. The molecule has 6 rings (SSSR count). The van der Waals surface area contributed by atoms with Gasteiger partial charge in [-0.05, 0) is 31.2 Å². The fourth-order valence-corrected chi connectivity index (χ4v) is 5.64. The van der Waals surface area contributed by atoms with Gasteiger partial charge in [-0.25, -0.2) is 9.50 Å². The summed E-state index contributed by atoms with van der Waals surface area (Å²) < 4.78 is 14.6. The Labute approximate surface area is 213 Å². The molecule has 2 aliphatic rings. The van der Waals surface area contributed by atoms with Gasteiger partial charge >= 0.3 is 0 Å². The molecule has 0 unspecified atom stereocenters. The molecule has 37 heavy (non-hydrogen) atoms. The number of fused-ring (bicyclic) bond motifs is 1. The molecule has 1 N–H and O–H groups in total. The Balaban J connectivity index is 1.44. The first kappa shape index (κ1) is 23.5. The number of likely N-dealkylation sites (tertiary alicyclic amines) is 1. The van der Waals surface area contributed by atoms with Crippen LogP contribution in [0.25, 0.3) is 28.3 Å². The second kappa shape index (κ2) is 9.53. The average molecular weight is 501 g/mol. The van der Waals surface area contributed by atoms with E-state index < -0.39 is 6.67 Å². The zero-order chi connectivity index (χ0) is 25.5. The second-order valence-electron chi connectivity index (χ2n) is 10.2. The van der Waals surface area contributed by atoms with Crippen LogP contribution >= 0.6 is 0 Å². The van der Waals surface area contributed by atoms with E-state index >= 15 is 0 Å². The fraction of sp³-hybridized carbons (Fsp3) is 0.393. The molecule has 4 heterocycles. The Hall–Kier alpha value is -3.88. The number of carbonyl (C=O) groups is 1. The molecule has 2 fully saturated rings. The predicted octanol–water partition coefficient (Wildman–Crippen LogP) is 4.62. The van der Waals surface area contributed by atoms with Crippen molar-refractivity contribution in [3.8, 4) is 22.6 Å². The van der Waals surface area contributed by atoms with Crippen LogP contribution in [0.4, 0.5) is 4.39 Å². The maximum absolute atomic E-state index is 13.7. The molecule has 1 aliphatic heterocycles. The van der Waals surface area contributed by atoms with Crippen molar-refractivity contribution in [2.75, 3.05) is 13.2 Å². The molecule has 2 atom stereocenters. The van der Waals surface area contributed by atoms with E-state index in [0.29, 0.717) is 29.5 Å². The van der Waals surface area contributed by atoms with Gasteiger partial charge in [0.2, 0.25) is 0 Å². The number of H-pyrrole nitrogens is 1. The second-order valence-corrected chi connectivity index (χ2v) is 10.2. The van der Waals surface area contributed by atoms with E-state index in [4.69, 9.17) is 4.98 Å². The summed E-state index contributed by atoms with van der Waals surface area (Å²) in [5.41, 5.74) is 3.54. The first-order valence-corrected chi connectivity index (χ1v) is 12.9. The summed E-state index contributed by atoms with van der Waals surface area (Å²) in [6.45, 7) is 1.68. The Bertz CT molecular complexity index is 1490. The summed E-state index contributed by atoms with van der Waals surface area (Å²) >= 11 is 0. The van der Waals surface area contributed by atoms with Crippen LogP contribution in [0, 0.1) is 5.92 Å². The minimum Gasteiger partial charge on any atom is -0.335 e. The van der Waals surface area contributed by atoms with Crippen molar-refractivity contribution in [2.45, 2.75) is 51.0 Å². The standard InChI is InChI=1S/C28H29FN6O2/c1-17-21(14-29)16-34(17)28(37)25-26(23-15-30-11-12-31-23)33-35-24(36)13-22(32-27(25)35)20-9-7-19(8-10-20)18-5-3-2-4-6-18/h7-13,15,17-18,21,33H,2-6,14,16H2,1H3/t17-,21-/m0/s1. The van der Waals surface area contributed by atoms with Crippen molar-refractivity contribution in [3.05, 3.63) is 70.4 Å². The number of nitrogens with one attached hydrogen (secondary N) is 1. The van der Waals surface area contributed by atoms with Crippen molar-refractivity contribution in [3.63, 3.8) is 0 Å². The van der Waals surface area contributed by atoms with Gasteiger partial charge in [0.05, 0.1) is 24.3 Å². The largest absolute Gasteiger partial charge is 0.335 e. The summed E-state index contributed by atoms with van der Waals surface area (Å²) in [7, 11) is 0. The van der Waals surface area contributed by atoms with Gasteiger partial charge in [0.1, 0.15) is 11.3 Å². The molecule has 0 spiro atoms. The van der Waals surface area contributed by atoms with Crippen LogP contribution in [-0.4, -0.2) is 54.6 Å². The van der Waals surface area contributed by atoms with E-state index in [1.807, 2.05) is 19.1 Å². The topological polar surface area (TPSA) is 96.3 Å². The molecule has 3 aromatic heterocycles. The van der Waals surface area contributed by atoms with Crippen molar-refractivity contribution in [2.24, 2.45) is 5.92 Å². The van der Waals surface area contributed by atoms with Crippen molar-refractivity contribution < 1.29 is 9.18 Å². The summed E-state index contributed by atoms with van der Waals surface area (Å²) in [4.78, 5) is 41.8. The van der Waals surface area contributed by atoms with E-state index in [1.54, 1.807) is 4.90 Å². The normalized spacial score (nSPS) is 20.2. The lowest BCUT2D eigenvalue weighted by atomic mass is 9.84. The first-order chi connectivity index (χ1) is 18.0. The Kier molecular flexibility index (Phi) is 6.06. The minimum atomic E-state index is -0.478. The Morgan fingerprint density at radius 1 is 1.11 bits per heavy atom. The van der Waals surface area contributed by atoms with Gasteiger partial charge in [-0.15, -0.1) is 0 Å². The van der Waals surface area contributed by atoms with E-state index in [1.165, 1.54) is 66.8 Å². The fourth-order valence-electron chi connectivity index (χ4n) is 5.64. The van der Waals surface area contributed by atoms with Crippen molar-refractivity contribution >= 4 is 11.6 Å². The zero-order valence-electron chi connectivity index (χ0n) is 20.7. The molecule has 4 aromatic rings. The van der Waals surface area contributed by atoms with Crippen LogP contribution in [0.1, 0.15) is 60.9 Å². The highest BCUT2D eigenvalue weighted by Gasteiger charge is 2.41. The maximum atomic E-state index is 13.7. The van der Waals surface area contributed by atoms with Gasteiger partial charge in [0, 0.05) is 42.5 Å². The van der Waals surface area contributed by atoms with Crippen LogP contribution in [0.3, 0.4) is 0 Å². The monoisotopic (exact) mass is 500 g/mol. The number of nitrogens with zero attached hydrogens (tertiary/aromatic N) is 5. The molecule has 1 amide bonds. The number of halogens is 1. The highest BCUT2D eigenvalue weighted by atomic mass is 19.1. The zero-order valence-corrected chi connectivity index (χ0v) is 20.7. The molecule has 1 aliphatic carbocycles. The highest BCUT2D eigenvalue weighted by Crippen LogP contribution is 2.34. The van der Waals surface area contributed by atoms with E-state index in [-0.39, 0.29) is 34.6 Å². The quantitative estimate of drug-likeness (QED) is 0.431. The molecule has 190 valence electrons. The summed E-state index contributed by atoms with van der Waals surface area (Å²) in [6, 6.07) is 9.49. The van der Waals surface area contributed by atoms with Crippen LogP contribution in [0.5, 0.6) is 0 Å². The number of hydrogen-bond donors (Lipinski definition) is 1. The molecule has 9 heteroatoms. The van der Waals surface area contributed by atoms with Gasteiger partial charge in [0.25, 0.3) is 11.5 Å².